The van der Waals surface area contributed by atoms with Gasteiger partial charge in [-0.1, -0.05) is 23.7 Å². The van der Waals surface area contributed by atoms with Crippen molar-refractivity contribution in [3.8, 4) is 5.75 Å². The van der Waals surface area contributed by atoms with E-state index in [1.54, 1.807) is 6.07 Å². The molecule has 0 bridgehead atoms. The van der Waals surface area contributed by atoms with Crippen LogP contribution >= 0.6 is 11.6 Å². The number of aromatic hydroxyl groups is 1. The highest BCUT2D eigenvalue weighted by atomic mass is 35.5. The van der Waals surface area contributed by atoms with Crippen molar-refractivity contribution >= 4 is 11.6 Å². The van der Waals surface area contributed by atoms with E-state index in [-0.39, 0.29) is 11.8 Å². The molecule has 0 saturated heterocycles. The number of phenolic OH excluding ortho intramolecular Hbond substituents is 1. The zero-order valence-corrected chi connectivity index (χ0v) is 11.3. The predicted molar refractivity (Wildman–Crippen MR) is 74.8 cm³/mol. The minimum absolute atomic E-state index is 0.0593. The van der Waals surface area contributed by atoms with E-state index >= 15 is 0 Å². The van der Waals surface area contributed by atoms with Crippen LogP contribution < -0.4 is 5.32 Å². The molecule has 19 heavy (non-hydrogen) atoms. The third-order valence-corrected chi connectivity index (χ3v) is 3.18. The van der Waals surface area contributed by atoms with E-state index < -0.39 is 5.82 Å². The summed E-state index contributed by atoms with van der Waals surface area (Å²) in [7, 11) is 0. The number of hydrogen-bond acceptors (Lipinski definition) is 2. The van der Waals surface area contributed by atoms with Gasteiger partial charge in [0.05, 0.1) is 0 Å². The molecule has 4 heteroatoms. The summed E-state index contributed by atoms with van der Waals surface area (Å²) in [6, 6.07) is 11.7. The van der Waals surface area contributed by atoms with Crippen molar-refractivity contribution in [3.63, 3.8) is 0 Å². The molecule has 0 aliphatic carbocycles. The van der Waals surface area contributed by atoms with Gasteiger partial charge in [0.25, 0.3) is 0 Å². The molecule has 2 aromatic carbocycles. The normalized spacial score (nSPS) is 12.4. The Bertz CT molecular complexity index is 536. The number of halogens is 2. The van der Waals surface area contributed by atoms with Crippen molar-refractivity contribution in [1.82, 2.24) is 5.32 Å². The van der Waals surface area contributed by atoms with Crippen LogP contribution in [0.3, 0.4) is 0 Å². The fourth-order valence-corrected chi connectivity index (χ4v) is 2.00. The summed E-state index contributed by atoms with van der Waals surface area (Å²) in [6.07, 6.45) is 0. The van der Waals surface area contributed by atoms with Crippen molar-refractivity contribution in [2.75, 3.05) is 0 Å². The van der Waals surface area contributed by atoms with E-state index in [9.17, 15) is 9.50 Å². The molecule has 100 valence electrons. The van der Waals surface area contributed by atoms with Gasteiger partial charge in [-0.25, -0.2) is 4.39 Å². The lowest BCUT2D eigenvalue weighted by Crippen LogP contribution is -2.18. The molecule has 1 atom stereocenters. The summed E-state index contributed by atoms with van der Waals surface area (Å²) in [5.41, 5.74) is 1.81. The largest absolute Gasteiger partial charge is 0.508 e. The van der Waals surface area contributed by atoms with Crippen molar-refractivity contribution in [1.29, 1.82) is 0 Å². The first-order chi connectivity index (χ1) is 9.04. The highest BCUT2D eigenvalue weighted by Gasteiger charge is 2.06. The van der Waals surface area contributed by atoms with Gasteiger partial charge < -0.3 is 10.4 Å². The van der Waals surface area contributed by atoms with Gasteiger partial charge in [-0.2, -0.15) is 0 Å². The van der Waals surface area contributed by atoms with Crippen LogP contribution in [0, 0.1) is 5.82 Å². The molecular weight excluding hydrogens is 265 g/mol. The van der Waals surface area contributed by atoms with Gasteiger partial charge in [-0.3, -0.25) is 0 Å². The van der Waals surface area contributed by atoms with Crippen LogP contribution in [0.1, 0.15) is 24.1 Å². The summed E-state index contributed by atoms with van der Waals surface area (Å²) in [5.74, 6) is -0.494. The molecule has 2 nitrogen and oxygen atoms in total. The fourth-order valence-electron chi connectivity index (χ4n) is 1.88. The topological polar surface area (TPSA) is 32.3 Å². The smallest absolute Gasteiger partial charge is 0.127 e. The maximum Gasteiger partial charge on any atom is 0.127 e. The Balaban J connectivity index is 1.99. The Morgan fingerprint density at radius 2 is 1.89 bits per heavy atom. The van der Waals surface area contributed by atoms with Crippen molar-refractivity contribution in [2.24, 2.45) is 0 Å². The first-order valence-corrected chi connectivity index (χ1v) is 6.39. The lowest BCUT2D eigenvalue weighted by atomic mass is 10.1. The lowest BCUT2D eigenvalue weighted by Gasteiger charge is -2.14. The van der Waals surface area contributed by atoms with Crippen LogP contribution in [0.15, 0.2) is 42.5 Å². The molecular formula is C15H15ClFNO. The lowest BCUT2D eigenvalue weighted by molar-refractivity contribution is 0.466. The van der Waals surface area contributed by atoms with Gasteiger partial charge >= 0.3 is 0 Å². The molecule has 0 spiro atoms. The summed E-state index contributed by atoms with van der Waals surface area (Å²) < 4.78 is 13.1. The monoisotopic (exact) mass is 279 g/mol. The van der Waals surface area contributed by atoms with E-state index in [0.29, 0.717) is 17.1 Å². The van der Waals surface area contributed by atoms with E-state index in [2.05, 4.69) is 5.32 Å². The quantitative estimate of drug-likeness (QED) is 0.885. The van der Waals surface area contributed by atoms with Crippen molar-refractivity contribution in [3.05, 3.63) is 64.4 Å². The van der Waals surface area contributed by atoms with Crippen LogP contribution in [0.25, 0.3) is 0 Å². The highest BCUT2D eigenvalue weighted by Crippen LogP contribution is 2.18. The number of benzene rings is 2. The molecule has 0 aliphatic rings. The van der Waals surface area contributed by atoms with Crippen molar-refractivity contribution in [2.45, 2.75) is 19.5 Å². The summed E-state index contributed by atoms with van der Waals surface area (Å²) in [6.45, 7) is 2.50. The minimum Gasteiger partial charge on any atom is -0.508 e. The van der Waals surface area contributed by atoms with E-state index in [0.717, 1.165) is 11.6 Å². The van der Waals surface area contributed by atoms with E-state index in [4.69, 9.17) is 11.6 Å². The molecule has 0 heterocycles. The Morgan fingerprint density at radius 3 is 2.53 bits per heavy atom. The van der Waals surface area contributed by atoms with Crippen LogP contribution in [0.5, 0.6) is 5.75 Å². The Morgan fingerprint density at radius 1 is 1.21 bits per heavy atom. The third-order valence-electron chi connectivity index (χ3n) is 2.92. The third kappa shape index (κ3) is 3.94. The van der Waals surface area contributed by atoms with Crippen LogP contribution in [0.4, 0.5) is 4.39 Å². The Labute approximate surface area is 116 Å². The van der Waals surface area contributed by atoms with Crippen molar-refractivity contribution < 1.29 is 9.50 Å². The summed E-state index contributed by atoms with van der Waals surface area (Å²) in [5, 5.41) is 13.3. The molecule has 0 amide bonds. The second kappa shape index (κ2) is 6.04. The maximum atomic E-state index is 13.1. The second-order valence-corrected chi connectivity index (χ2v) is 4.91. The highest BCUT2D eigenvalue weighted by molar-refractivity contribution is 6.30. The van der Waals surface area contributed by atoms with Gasteiger partial charge in [0.2, 0.25) is 0 Å². The van der Waals surface area contributed by atoms with E-state index in [1.807, 2.05) is 31.2 Å². The van der Waals surface area contributed by atoms with Crippen LogP contribution in [-0.2, 0) is 6.54 Å². The van der Waals surface area contributed by atoms with Gasteiger partial charge in [0, 0.05) is 23.7 Å². The minimum atomic E-state index is -0.434. The second-order valence-electron chi connectivity index (χ2n) is 4.47. The van der Waals surface area contributed by atoms with Crippen LogP contribution in [-0.4, -0.2) is 5.11 Å². The average molecular weight is 280 g/mol. The molecule has 0 unspecified atom stereocenters. The molecule has 0 aromatic heterocycles. The fraction of sp³-hybridized carbons (Fsp3) is 0.200. The number of nitrogens with one attached hydrogen (secondary N) is 1. The number of rotatable bonds is 4. The van der Waals surface area contributed by atoms with Gasteiger partial charge in [0.1, 0.15) is 11.6 Å². The molecule has 0 aliphatic heterocycles. The zero-order chi connectivity index (χ0) is 13.8. The van der Waals surface area contributed by atoms with Gasteiger partial charge in [-0.05, 0) is 42.3 Å². The first-order valence-electron chi connectivity index (χ1n) is 6.02. The molecule has 0 saturated carbocycles. The summed E-state index contributed by atoms with van der Waals surface area (Å²) in [4.78, 5) is 0. The van der Waals surface area contributed by atoms with Crippen LogP contribution in [0.2, 0.25) is 5.02 Å². The predicted octanol–water partition coefficient (Wildman–Crippen LogP) is 4.04. The summed E-state index contributed by atoms with van der Waals surface area (Å²) >= 11 is 5.83. The SMILES string of the molecule is C[C@H](NCc1cc(O)cc(F)c1)c1ccc(Cl)cc1. The molecule has 0 radical (unpaired) electrons. The Kier molecular flexibility index (Phi) is 4.40. The zero-order valence-electron chi connectivity index (χ0n) is 10.5. The maximum absolute atomic E-state index is 13.1. The standard InChI is InChI=1S/C15H15ClFNO/c1-10(12-2-4-13(16)5-3-12)18-9-11-6-14(17)8-15(19)7-11/h2-8,10,18-19H,9H2,1H3/t10-/m0/s1. The average Bonchev–Trinajstić information content (AvgIpc) is 2.36. The number of hydrogen-bond donors (Lipinski definition) is 2. The molecule has 2 rings (SSSR count). The first kappa shape index (κ1) is 13.8. The van der Waals surface area contributed by atoms with Gasteiger partial charge in [-0.15, -0.1) is 0 Å². The van der Waals surface area contributed by atoms with Gasteiger partial charge in [0.15, 0.2) is 0 Å². The molecule has 2 aromatic rings. The molecule has 2 N–H and O–H groups in total. The molecule has 0 fully saturated rings. The van der Waals surface area contributed by atoms with E-state index in [1.165, 1.54) is 6.07 Å². The Hall–Kier alpha value is -1.58. The number of phenols is 1.